The molecule has 1 aromatic carbocycles. The summed E-state index contributed by atoms with van der Waals surface area (Å²) in [4.78, 5) is 11.8. The molecule has 2 aromatic rings. The number of nitrogens with two attached hydrogens (primary N) is 1. The molecule has 88 valence electrons. The van der Waals surface area contributed by atoms with Gasteiger partial charge in [-0.1, -0.05) is 15.9 Å². The molecular formula is C10H9BrN4O2. The highest BCUT2D eigenvalue weighted by Gasteiger charge is 2.16. The molecule has 17 heavy (non-hydrogen) atoms. The Labute approximate surface area is 105 Å². The number of aromatic nitrogens is 2. The summed E-state index contributed by atoms with van der Waals surface area (Å²) in [7, 11) is 0. The normalized spacial score (nSPS) is 10.2. The second-order valence-electron chi connectivity index (χ2n) is 3.41. The van der Waals surface area contributed by atoms with E-state index in [1.807, 2.05) is 19.1 Å². The topological polar surface area (TPSA) is 94.0 Å². The quantitative estimate of drug-likeness (QED) is 0.883. The van der Waals surface area contributed by atoms with Crippen LogP contribution in [0.2, 0.25) is 0 Å². The van der Waals surface area contributed by atoms with Gasteiger partial charge in [-0.25, -0.2) is 4.63 Å². The smallest absolute Gasteiger partial charge is 0.281 e. The van der Waals surface area contributed by atoms with Crippen molar-refractivity contribution in [1.82, 2.24) is 10.3 Å². The molecule has 7 heteroatoms. The van der Waals surface area contributed by atoms with Crippen molar-refractivity contribution in [2.24, 2.45) is 0 Å². The molecular weight excluding hydrogens is 288 g/mol. The Morgan fingerprint density at radius 3 is 2.82 bits per heavy atom. The lowest BCUT2D eigenvalue weighted by Crippen LogP contribution is -2.14. The maximum Gasteiger partial charge on any atom is 0.281 e. The van der Waals surface area contributed by atoms with Crippen molar-refractivity contribution in [2.45, 2.75) is 6.92 Å². The monoisotopic (exact) mass is 296 g/mol. The van der Waals surface area contributed by atoms with Gasteiger partial charge in [0.2, 0.25) is 11.5 Å². The van der Waals surface area contributed by atoms with Crippen LogP contribution in [0.25, 0.3) is 0 Å². The lowest BCUT2D eigenvalue weighted by atomic mass is 10.2. The van der Waals surface area contributed by atoms with Gasteiger partial charge >= 0.3 is 0 Å². The average Bonchev–Trinajstić information content (AvgIpc) is 2.68. The van der Waals surface area contributed by atoms with Gasteiger partial charge < -0.3 is 11.1 Å². The van der Waals surface area contributed by atoms with Crippen LogP contribution >= 0.6 is 15.9 Å². The molecule has 0 atom stereocenters. The molecule has 1 aromatic heterocycles. The minimum atomic E-state index is -0.450. The Morgan fingerprint density at radius 1 is 1.47 bits per heavy atom. The fourth-order valence-electron chi connectivity index (χ4n) is 1.30. The summed E-state index contributed by atoms with van der Waals surface area (Å²) in [5.74, 6) is -0.480. The Kier molecular flexibility index (Phi) is 3.10. The number of nitrogens with zero attached hydrogens (tertiary/aromatic N) is 2. The number of nitrogen functional groups attached to an aromatic ring is 1. The van der Waals surface area contributed by atoms with Crippen molar-refractivity contribution in [3.8, 4) is 0 Å². The molecule has 0 saturated heterocycles. The lowest BCUT2D eigenvalue weighted by Gasteiger charge is -2.06. The summed E-state index contributed by atoms with van der Waals surface area (Å²) in [6, 6.07) is 5.49. The molecule has 3 N–H and O–H groups in total. The van der Waals surface area contributed by atoms with Crippen LogP contribution in [0.5, 0.6) is 0 Å². The molecule has 2 rings (SSSR count). The van der Waals surface area contributed by atoms with Crippen LogP contribution in [0, 0.1) is 6.92 Å². The van der Waals surface area contributed by atoms with Gasteiger partial charge in [-0.05, 0) is 41.0 Å². The number of carbonyl (C=O) groups is 1. The number of hydrogen-bond acceptors (Lipinski definition) is 5. The van der Waals surface area contributed by atoms with Crippen molar-refractivity contribution in [3.05, 3.63) is 33.9 Å². The van der Waals surface area contributed by atoms with Crippen LogP contribution in [0.15, 0.2) is 27.3 Å². The number of nitrogens with one attached hydrogen (secondary N) is 1. The van der Waals surface area contributed by atoms with E-state index in [1.54, 1.807) is 6.07 Å². The predicted molar refractivity (Wildman–Crippen MR) is 65.5 cm³/mol. The Morgan fingerprint density at radius 2 is 2.24 bits per heavy atom. The van der Waals surface area contributed by atoms with E-state index in [2.05, 4.69) is 36.2 Å². The first kappa shape index (κ1) is 11.6. The second-order valence-corrected chi connectivity index (χ2v) is 4.33. The van der Waals surface area contributed by atoms with Crippen LogP contribution in [0.1, 0.15) is 16.1 Å². The maximum atomic E-state index is 11.8. The number of hydrogen-bond donors (Lipinski definition) is 2. The zero-order valence-electron chi connectivity index (χ0n) is 8.90. The highest BCUT2D eigenvalue weighted by Crippen LogP contribution is 2.20. The van der Waals surface area contributed by atoms with E-state index in [9.17, 15) is 4.79 Å². The first-order valence-corrected chi connectivity index (χ1v) is 5.53. The predicted octanol–water partition coefficient (Wildman–Crippen LogP) is 1.98. The van der Waals surface area contributed by atoms with Crippen LogP contribution < -0.4 is 11.1 Å². The van der Waals surface area contributed by atoms with Crippen LogP contribution in [0.4, 0.5) is 11.5 Å². The molecule has 0 saturated carbocycles. The van der Waals surface area contributed by atoms with E-state index in [0.29, 0.717) is 5.69 Å². The molecule has 0 aliphatic carbocycles. The van der Waals surface area contributed by atoms with Crippen molar-refractivity contribution in [3.63, 3.8) is 0 Å². The maximum absolute atomic E-state index is 11.8. The van der Waals surface area contributed by atoms with E-state index in [0.717, 1.165) is 10.0 Å². The second kappa shape index (κ2) is 4.54. The summed E-state index contributed by atoms with van der Waals surface area (Å²) < 4.78 is 5.30. The summed E-state index contributed by atoms with van der Waals surface area (Å²) in [5.41, 5.74) is 7.00. The number of anilines is 2. The van der Waals surface area contributed by atoms with Gasteiger partial charge in [0.25, 0.3) is 5.91 Å². The van der Waals surface area contributed by atoms with E-state index < -0.39 is 5.91 Å². The third-order valence-corrected chi connectivity index (χ3v) is 2.66. The number of halogens is 1. The first-order chi connectivity index (χ1) is 8.08. The minimum absolute atomic E-state index is 0.0210. The molecule has 0 aliphatic heterocycles. The summed E-state index contributed by atoms with van der Waals surface area (Å²) in [5, 5.41) is 9.44. The summed E-state index contributed by atoms with van der Waals surface area (Å²) >= 11 is 3.34. The van der Waals surface area contributed by atoms with Crippen molar-refractivity contribution in [2.75, 3.05) is 11.1 Å². The molecule has 0 spiro atoms. The molecule has 0 aliphatic rings. The molecule has 0 bridgehead atoms. The molecule has 0 radical (unpaired) electrons. The van der Waals surface area contributed by atoms with E-state index >= 15 is 0 Å². The average molecular weight is 297 g/mol. The van der Waals surface area contributed by atoms with Gasteiger partial charge in [0, 0.05) is 10.2 Å². The Bertz CT molecular complexity index is 567. The van der Waals surface area contributed by atoms with Crippen molar-refractivity contribution in [1.29, 1.82) is 0 Å². The number of carbonyl (C=O) groups excluding carboxylic acids is 1. The largest absolute Gasteiger partial charge is 0.379 e. The SMILES string of the molecule is Cc1cc(Br)ccc1NC(=O)c1nonc1N. The summed E-state index contributed by atoms with van der Waals surface area (Å²) in [6.07, 6.45) is 0. The van der Waals surface area contributed by atoms with Crippen LogP contribution in [-0.2, 0) is 0 Å². The van der Waals surface area contributed by atoms with E-state index in [1.165, 1.54) is 0 Å². The van der Waals surface area contributed by atoms with Crippen LogP contribution in [-0.4, -0.2) is 16.2 Å². The Balaban J connectivity index is 2.22. The standard InChI is InChI=1S/C10H9BrN4O2/c1-5-4-6(11)2-3-7(5)13-10(16)8-9(12)15-17-14-8/h2-4H,1H3,(H2,12,15)(H,13,16). The van der Waals surface area contributed by atoms with Gasteiger partial charge in [0.15, 0.2) is 0 Å². The molecule has 6 nitrogen and oxygen atoms in total. The van der Waals surface area contributed by atoms with E-state index in [4.69, 9.17) is 5.73 Å². The molecule has 0 fully saturated rings. The number of benzene rings is 1. The molecule has 1 heterocycles. The lowest BCUT2D eigenvalue weighted by molar-refractivity contribution is 0.101. The highest BCUT2D eigenvalue weighted by atomic mass is 79.9. The van der Waals surface area contributed by atoms with E-state index in [-0.39, 0.29) is 11.5 Å². The van der Waals surface area contributed by atoms with Gasteiger partial charge in [-0.2, -0.15) is 0 Å². The number of rotatable bonds is 2. The van der Waals surface area contributed by atoms with Gasteiger partial charge in [0.1, 0.15) is 0 Å². The van der Waals surface area contributed by atoms with Crippen molar-refractivity contribution >= 4 is 33.3 Å². The fourth-order valence-corrected chi connectivity index (χ4v) is 1.78. The Hall–Kier alpha value is -1.89. The van der Waals surface area contributed by atoms with Gasteiger partial charge in [0.05, 0.1) is 0 Å². The number of aryl methyl sites for hydroxylation is 1. The molecule has 0 unspecified atom stereocenters. The third-order valence-electron chi connectivity index (χ3n) is 2.17. The number of amides is 1. The summed E-state index contributed by atoms with van der Waals surface area (Å²) in [6.45, 7) is 1.88. The molecule has 1 amide bonds. The first-order valence-electron chi connectivity index (χ1n) is 4.73. The van der Waals surface area contributed by atoms with Crippen LogP contribution in [0.3, 0.4) is 0 Å². The third kappa shape index (κ3) is 2.44. The highest BCUT2D eigenvalue weighted by molar-refractivity contribution is 9.10. The van der Waals surface area contributed by atoms with Crippen molar-refractivity contribution < 1.29 is 9.42 Å². The zero-order chi connectivity index (χ0) is 12.4. The minimum Gasteiger partial charge on any atom is -0.379 e. The van der Waals surface area contributed by atoms with Gasteiger partial charge in [-0.3, -0.25) is 4.79 Å². The zero-order valence-corrected chi connectivity index (χ0v) is 10.5. The fraction of sp³-hybridized carbons (Fsp3) is 0.100. The van der Waals surface area contributed by atoms with Gasteiger partial charge in [-0.15, -0.1) is 0 Å².